The van der Waals surface area contributed by atoms with E-state index in [1.54, 1.807) is 26.8 Å². The average molecular weight is 294 g/mol. The second kappa shape index (κ2) is 6.34. The van der Waals surface area contributed by atoms with Crippen LogP contribution in [0, 0.1) is 22.5 Å². The molecule has 0 aromatic heterocycles. The lowest BCUT2D eigenvalue weighted by Crippen LogP contribution is -2.32. The molecule has 114 valence electrons. The highest BCUT2D eigenvalue weighted by atomic mass is 16.6. The fraction of sp³-hybridized carbons (Fsp3) is 0.429. The first-order chi connectivity index (χ1) is 9.65. The van der Waals surface area contributed by atoms with Gasteiger partial charge >= 0.3 is 5.97 Å². The summed E-state index contributed by atoms with van der Waals surface area (Å²) in [6, 6.07) is 4.28. The van der Waals surface area contributed by atoms with Crippen molar-refractivity contribution in [3.8, 4) is 0 Å². The second-order valence-corrected chi connectivity index (χ2v) is 5.47. The molecule has 2 N–H and O–H groups in total. The Kier molecular flexibility index (Phi) is 5.02. The van der Waals surface area contributed by atoms with Gasteiger partial charge in [0, 0.05) is 12.6 Å². The highest BCUT2D eigenvalue weighted by Gasteiger charge is 2.27. The summed E-state index contributed by atoms with van der Waals surface area (Å²) in [6.45, 7) is 4.96. The average Bonchev–Trinajstić information content (AvgIpc) is 2.37. The Labute approximate surface area is 122 Å². The minimum Gasteiger partial charge on any atom is -0.481 e. The molecule has 0 spiro atoms. The maximum Gasteiger partial charge on any atom is 0.309 e. The van der Waals surface area contributed by atoms with Crippen LogP contribution in [0.25, 0.3) is 0 Å². The number of nitrogens with one attached hydrogen (secondary N) is 1. The van der Waals surface area contributed by atoms with E-state index in [9.17, 15) is 19.7 Å². The second-order valence-electron chi connectivity index (χ2n) is 5.47. The van der Waals surface area contributed by atoms with Crippen molar-refractivity contribution in [1.82, 2.24) is 5.32 Å². The Bertz CT molecular complexity index is 581. The number of nitrogens with zero attached hydrogens (tertiary/aromatic N) is 1. The minimum absolute atomic E-state index is 0.0202. The zero-order valence-corrected chi connectivity index (χ0v) is 12.2. The number of hydrogen-bond donors (Lipinski definition) is 2. The number of benzene rings is 1. The van der Waals surface area contributed by atoms with Crippen molar-refractivity contribution in [3.05, 3.63) is 39.4 Å². The molecule has 0 bridgehead atoms. The van der Waals surface area contributed by atoms with E-state index in [4.69, 9.17) is 5.11 Å². The van der Waals surface area contributed by atoms with Crippen LogP contribution in [0.3, 0.4) is 0 Å². The van der Waals surface area contributed by atoms with Crippen molar-refractivity contribution in [3.63, 3.8) is 0 Å². The van der Waals surface area contributed by atoms with E-state index in [0.717, 1.165) is 5.56 Å². The third-order valence-electron chi connectivity index (χ3n) is 3.21. The normalized spacial score (nSPS) is 11.0. The van der Waals surface area contributed by atoms with E-state index in [-0.39, 0.29) is 24.2 Å². The highest BCUT2D eigenvalue weighted by Crippen LogP contribution is 2.21. The molecule has 0 saturated heterocycles. The van der Waals surface area contributed by atoms with Gasteiger partial charge in [0.05, 0.1) is 10.3 Å². The number of amides is 1. The van der Waals surface area contributed by atoms with Crippen molar-refractivity contribution in [1.29, 1.82) is 0 Å². The number of aliphatic carboxylic acids is 1. The van der Waals surface area contributed by atoms with Gasteiger partial charge in [0.2, 0.25) is 0 Å². The smallest absolute Gasteiger partial charge is 0.309 e. The van der Waals surface area contributed by atoms with Crippen LogP contribution in [-0.4, -0.2) is 28.5 Å². The Morgan fingerprint density at radius 3 is 2.52 bits per heavy atom. The molecule has 0 fully saturated rings. The van der Waals surface area contributed by atoms with Crippen molar-refractivity contribution >= 4 is 17.6 Å². The van der Waals surface area contributed by atoms with Gasteiger partial charge in [0.15, 0.2) is 0 Å². The van der Waals surface area contributed by atoms with Gasteiger partial charge in [-0.25, -0.2) is 0 Å². The third kappa shape index (κ3) is 4.27. The van der Waals surface area contributed by atoms with Gasteiger partial charge in [0.25, 0.3) is 11.6 Å². The zero-order chi connectivity index (χ0) is 16.2. The van der Waals surface area contributed by atoms with Crippen LogP contribution in [0.2, 0.25) is 0 Å². The standard InChI is InChI=1S/C14H18N2O5/c1-9-4-5-11(16(20)21)10(8-9)12(17)15-7-6-14(2,3)13(18)19/h4-5,8H,6-7H2,1-3H3,(H,15,17)(H,18,19). The number of hydrogen-bond acceptors (Lipinski definition) is 4. The molecule has 0 heterocycles. The van der Waals surface area contributed by atoms with Crippen LogP contribution in [0.5, 0.6) is 0 Å². The first-order valence-electron chi connectivity index (χ1n) is 6.42. The summed E-state index contributed by atoms with van der Waals surface area (Å²) in [6.07, 6.45) is 0.230. The molecule has 1 amide bonds. The lowest BCUT2D eigenvalue weighted by Gasteiger charge is -2.18. The number of rotatable bonds is 6. The van der Waals surface area contributed by atoms with Gasteiger partial charge in [-0.15, -0.1) is 0 Å². The third-order valence-corrected chi connectivity index (χ3v) is 3.21. The van der Waals surface area contributed by atoms with Crippen molar-refractivity contribution in [2.24, 2.45) is 5.41 Å². The van der Waals surface area contributed by atoms with Crippen LogP contribution >= 0.6 is 0 Å². The minimum atomic E-state index is -0.966. The first kappa shape index (κ1) is 16.6. The Morgan fingerprint density at radius 1 is 1.38 bits per heavy atom. The monoisotopic (exact) mass is 294 g/mol. The number of nitro benzene ring substituents is 1. The number of carboxylic acid groups (broad SMARTS) is 1. The molecule has 0 aliphatic carbocycles. The van der Waals surface area contributed by atoms with Gasteiger partial charge in [-0.2, -0.15) is 0 Å². The summed E-state index contributed by atoms with van der Waals surface area (Å²) in [5.74, 6) is -1.54. The summed E-state index contributed by atoms with van der Waals surface area (Å²) < 4.78 is 0. The van der Waals surface area contributed by atoms with E-state index in [2.05, 4.69) is 5.32 Å². The molecule has 0 aliphatic rings. The molecule has 7 heteroatoms. The van der Waals surface area contributed by atoms with E-state index in [1.807, 2.05) is 0 Å². The lowest BCUT2D eigenvalue weighted by molar-refractivity contribution is -0.385. The molecule has 0 aliphatic heterocycles. The van der Waals surface area contributed by atoms with Crippen molar-refractivity contribution in [2.75, 3.05) is 6.54 Å². The van der Waals surface area contributed by atoms with Gasteiger partial charge in [-0.1, -0.05) is 6.07 Å². The van der Waals surface area contributed by atoms with Crippen molar-refractivity contribution < 1.29 is 19.6 Å². The summed E-state index contributed by atoms with van der Waals surface area (Å²) in [7, 11) is 0. The number of carboxylic acids is 1. The van der Waals surface area contributed by atoms with Gasteiger partial charge in [-0.3, -0.25) is 19.7 Å². The van der Waals surface area contributed by atoms with Crippen LogP contribution in [0.4, 0.5) is 5.69 Å². The number of aryl methyl sites for hydroxylation is 1. The predicted molar refractivity (Wildman–Crippen MR) is 76.2 cm³/mol. The van der Waals surface area contributed by atoms with Gasteiger partial charge in [-0.05, 0) is 38.8 Å². The predicted octanol–water partition coefficient (Wildman–Crippen LogP) is 2.13. The van der Waals surface area contributed by atoms with Crippen LogP contribution in [-0.2, 0) is 4.79 Å². The fourth-order valence-electron chi connectivity index (χ4n) is 1.68. The number of carbonyl (C=O) groups is 2. The topological polar surface area (TPSA) is 110 Å². The van der Waals surface area contributed by atoms with Gasteiger partial charge in [0.1, 0.15) is 5.56 Å². The molecule has 1 aromatic rings. The lowest BCUT2D eigenvalue weighted by atomic mass is 9.89. The molecule has 1 aromatic carbocycles. The maximum atomic E-state index is 12.0. The van der Waals surface area contributed by atoms with E-state index in [1.165, 1.54) is 12.1 Å². The first-order valence-corrected chi connectivity index (χ1v) is 6.42. The summed E-state index contributed by atoms with van der Waals surface area (Å²) in [5.41, 5.74) is -0.522. The number of carbonyl (C=O) groups excluding carboxylic acids is 1. The molecular formula is C14H18N2O5. The van der Waals surface area contributed by atoms with E-state index < -0.39 is 22.2 Å². The molecular weight excluding hydrogens is 276 g/mol. The summed E-state index contributed by atoms with van der Waals surface area (Å²) in [4.78, 5) is 33.3. The molecule has 1 rings (SSSR count). The molecule has 7 nitrogen and oxygen atoms in total. The van der Waals surface area contributed by atoms with Crippen LogP contribution in [0.1, 0.15) is 36.2 Å². The highest BCUT2D eigenvalue weighted by molar-refractivity contribution is 5.98. The quantitative estimate of drug-likeness (QED) is 0.617. The largest absolute Gasteiger partial charge is 0.481 e. The fourth-order valence-corrected chi connectivity index (χ4v) is 1.68. The van der Waals surface area contributed by atoms with Crippen LogP contribution < -0.4 is 5.32 Å². The summed E-state index contributed by atoms with van der Waals surface area (Å²) in [5, 5.41) is 22.4. The molecule has 21 heavy (non-hydrogen) atoms. The van der Waals surface area contributed by atoms with E-state index in [0.29, 0.717) is 0 Å². The van der Waals surface area contributed by atoms with Crippen LogP contribution in [0.15, 0.2) is 18.2 Å². The number of nitro groups is 1. The maximum absolute atomic E-state index is 12.0. The van der Waals surface area contributed by atoms with E-state index >= 15 is 0 Å². The molecule has 0 radical (unpaired) electrons. The molecule has 0 atom stereocenters. The van der Waals surface area contributed by atoms with Gasteiger partial charge < -0.3 is 10.4 Å². The Hall–Kier alpha value is -2.44. The molecule has 0 unspecified atom stereocenters. The SMILES string of the molecule is Cc1ccc([N+](=O)[O-])c(C(=O)NCCC(C)(C)C(=O)O)c1. The summed E-state index contributed by atoms with van der Waals surface area (Å²) >= 11 is 0. The Balaban J connectivity index is 2.79. The molecule has 0 saturated carbocycles. The van der Waals surface area contributed by atoms with Crippen molar-refractivity contribution in [2.45, 2.75) is 27.2 Å². The Morgan fingerprint density at radius 2 is 2.00 bits per heavy atom. The zero-order valence-electron chi connectivity index (χ0n) is 12.2.